The zero-order valence-electron chi connectivity index (χ0n) is 10.2. The summed E-state index contributed by atoms with van der Waals surface area (Å²) < 4.78 is 0. The Kier molecular flexibility index (Phi) is 6.72. The molecule has 94 valence electrons. The van der Waals surface area contributed by atoms with Crippen LogP contribution in [0.5, 0.6) is 0 Å². The number of hydrogen-bond donors (Lipinski definition) is 3. The quantitative estimate of drug-likeness (QED) is 0.516. The van der Waals surface area contributed by atoms with Gasteiger partial charge in [-0.2, -0.15) is 0 Å². The van der Waals surface area contributed by atoms with Gasteiger partial charge in [0.2, 0.25) is 11.8 Å². The van der Waals surface area contributed by atoms with Crippen molar-refractivity contribution in [3.05, 3.63) is 0 Å². The first-order valence-corrected chi connectivity index (χ1v) is 5.73. The van der Waals surface area contributed by atoms with Gasteiger partial charge in [0.25, 0.3) is 0 Å². The molecule has 0 saturated carbocycles. The van der Waals surface area contributed by atoms with Crippen LogP contribution in [-0.2, 0) is 9.59 Å². The summed E-state index contributed by atoms with van der Waals surface area (Å²) in [5.41, 5.74) is 10.1. The minimum absolute atomic E-state index is 0.0171. The van der Waals surface area contributed by atoms with Gasteiger partial charge in [0.05, 0.1) is 5.41 Å². The summed E-state index contributed by atoms with van der Waals surface area (Å²) in [7, 11) is 0. The second-order valence-corrected chi connectivity index (χ2v) is 4.30. The zero-order chi connectivity index (χ0) is 12.6. The normalized spacial score (nSPS) is 14.2. The number of nitrogens with one attached hydrogen (secondary N) is 1. The van der Waals surface area contributed by atoms with E-state index in [2.05, 4.69) is 5.32 Å². The maximum absolute atomic E-state index is 11.7. The van der Waals surface area contributed by atoms with E-state index in [1.165, 1.54) is 0 Å². The summed E-state index contributed by atoms with van der Waals surface area (Å²) in [6.45, 7) is 4.71. The van der Waals surface area contributed by atoms with E-state index in [1.807, 2.05) is 13.8 Å². The fraction of sp³-hybridized carbons (Fsp3) is 0.818. The third-order valence-electron chi connectivity index (χ3n) is 2.91. The highest BCUT2D eigenvalue weighted by molar-refractivity contribution is 5.82. The van der Waals surface area contributed by atoms with Gasteiger partial charge in [-0.1, -0.05) is 6.92 Å². The average molecular weight is 229 g/mol. The minimum atomic E-state index is -0.482. The van der Waals surface area contributed by atoms with Crippen molar-refractivity contribution in [2.24, 2.45) is 16.9 Å². The van der Waals surface area contributed by atoms with Gasteiger partial charge in [-0.3, -0.25) is 9.59 Å². The lowest BCUT2D eigenvalue weighted by Gasteiger charge is -2.24. The minimum Gasteiger partial charge on any atom is -0.370 e. The second kappa shape index (κ2) is 7.22. The molecule has 5 nitrogen and oxygen atoms in total. The molecule has 0 radical (unpaired) electrons. The van der Waals surface area contributed by atoms with Crippen LogP contribution in [0, 0.1) is 5.41 Å². The molecular weight excluding hydrogens is 206 g/mol. The van der Waals surface area contributed by atoms with E-state index in [1.54, 1.807) is 0 Å². The molecule has 0 saturated heterocycles. The SMILES string of the molecule is CCC(C)(CN)C(=O)NCCCCC(N)=O. The van der Waals surface area contributed by atoms with Gasteiger partial charge in [-0.05, 0) is 26.2 Å². The van der Waals surface area contributed by atoms with Crippen molar-refractivity contribution >= 4 is 11.8 Å². The molecular formula is C11H23N3O2. The van der Waals surface area contributed by atoms with E-state index in [4.69, 9.17) is 11.5 Å². The summed E-state index contributed by atoms with van der Waals surface area (Å²) in [6.07, 6.45) is 2.56. The van der Waals surface area contributed by atoms with Gasteiger partial charge < -0.3 is 16.8 Å². The predicted molar refractivity (Wildman–Crippen MR) is 63.5 cm³/mol. The highest BCUT2D eigenvalue weighted by atomic mass is 16.2. The molecule has 0 aromatic carbocycles. The Hall–Kier alpha value is -1.10. The molecule has 1 atom stereocenters. The lowest BCUT2D eigenvalue weighted by atomic mass is 9.86. The first kappa shape index (κ1) is 14.9. The summed E-state index contributed by atoms with van der Waals surface area (Å²) in [6, 6.07) is 0. The smallest absolute Gasteiger partial charge is 0.227 e. The molecule has 0 heterocycles. The number of hydrogen-bond acceptors (Lipinski definition) is 3. The van der Waals surface area contributed by atoms with Crippen LogP contribution in [0.15, 0.2) is 0 Å². The van der Waals surface area contributed by atoms with Crippen LogP contribution >= 0.6 is 0 Å². The van der Waals surface area contributed by atoms with Crippen molar-refractivity contribution in [3.8, 4) is 0 Å². The number of carbonyl (C=O) groups is 2. The van der Waals surface area contributed by atoms with Gasteiger partial charge in [0.1, 0.15) is 0 Å². The van der Waals surface area contributed by atoms with Gasteiger partial charge in [0, 0.05) is 19.5 Å². The second-order valence-electron chi connectivity index (χ2n) is 4.30. The standard InChI is InChI=1S/C11H23N3O2/c1-3-11(2,8-12)10(16)14-7-5-4-6-9(13)15/h3-8,12H2,1-2H3,(H2,13,15)(H,14,16). The van der Waals surface area contributed by atoms with Crippen LogP contribution in [0.25, 0.3) is 0 Å². The lowest BCUT2D eigenvalue weighted by Crippen LogP contribution is -2.43. The van der Waals surface area contributed by atoms with Crippen LogP contribution in [0.3, 0.4) is 0 Å². The van der Waals surface area contributed by atoms with Gasteiger partial charge in [0.15, 0.2) is 0 Å². The van der Waals surface area contributed by atoms with Crippen molar-refractivity contribution in [2.75, 3.05) is 13.1 Å². The van der Waals surface area contributed by atoms with E-state index < -0.39 is 5.41 Å². The van der Waals surface area contributed by atoms with E-state index >= 15 is 0 Å². The van der Waals surface area contributed by atoms with E-state index in [9.17, 15) is 9.59 Å². The summed E-state index contributed by atoms with van der Waals surface area (Å²) >= 11 is 0. The topological polar surface area (TPSA) is 98.2 Å². The third-order valence-corrected chi connectivity index (χ3v) is 2.91. The van der Waals surface area contributed by atoms with Crippen molar-refractivity contribution in [1.29, 1.82) is 0 Å². The summed E-state index contributed by atoms with van der Waals surface area (Å²) in [5, 5.41) is 2.83. The summed E-state index contributed by atoms with van der Waals surface area (Å²) in [5.74, 6) is -0.316. The monoisotopic (exact) mass is 229 g/mol. The Bertz CT molecular complexity index is 237. The van der Waals surface area contributed by atoms with Crippen LogP contribution in [0.4, 0.5) is 0 Å². The average Bonchev–Trinajstić information content (AvgIpc) is 2.26. The van der Waals surface area contributed by atoms with Crippen LogP contribution in [-0.4, -0.2) is 24.9 Å². The van der Waals surface area contributed by atoms with Gasteiger partial charge in [-0.15, -0.1) is 0 Å². The number of rotatable bonds is 8. The van der Waals surface area contributed by atoms with Crippen LogP contribution in [0.2, 0.25) is 0 Å². The number of unbranched alkanes of at least 4 members (excludes halogenated alkanes) is 1. The number of primary amides is 1. The molecule has 0 aliphatic rings. The Morgan fingerprint density at radius 1 is 1.31 bits per heavy atom. The first-order valence-electron chi connectivity index (χ1n) is 5.73. The van der Waals surface area contributed by atoms with Crippen LogP contribution < -0.4 is 16.8 Å². The highest BCUT2D eigenvalue weighted by Gasteiger charge is 2.28. The fourth-order valence-corrected chi connectivity index (χ4v) is 1.24. The molecule has 0 rings (SSSR count). The van der Waals surface area contributed by atoms with E-state index in [0.29, 0.717) is 25.9 Å². The molecule has 0 aromatic rings. The molecule has 0 fully saturated rings. The predicted octanol–water partition coefficient (Wildman–Crippen LogP) is 0.133. The van der Waals surface area contributed by atoms with Crippen molar-refractivity contribution in [3.63, 3.8) is 0 Å². The van der Waals surface area contributed by atoms with E-state index in [-0.39, 0.29) is 11.8 Å². The fourth-order valence-electron chi connectivity index (χ4n) is 1.24. The molecule has 0 bridgehead atoms. The molecule has 0 aliphatic heterocycles. The largest absolute Gasteiger partial charge is 0.370 e. The van der Waals surface area contributed by atoms with E-state index in [0.717, 1.165) is 12.8 Å². The Labute approximate surface area is 96.9 Å². The zero-order valence-corrected chi connectivity index (χ0v) is 10.2. The molecule has 0 aromatic heterocycles. The summed E-state index contributed by atoms with van der Waals surface area (Å²) in [4.78, 5) is 22.2. The maximum Gasteiger partial charge on any atom is 0.227 e. The molecule has 0 aliphatic carbocycles. The third kappa shape index (κ3) is 5.11. The molecule has 2 amide bonds. The number of amides is 2. The number of nitrogens with two attached hydrogens (primary N) is 2. The van der Waals surface area contributed by atoms with Gasteiger partial charge in [-0.25, -0.2) is 0 Å². The molecule has 16 heavy (non-hydrogen) atoms. The van der Waals surface area contributed by atoms with Crippen molar-refractivity contribution in [1.82, 2.24) is 5.32 Å². The molecule has 1 unspecified atom stereocenters. The maximum atomic E-state index is 11.7. The number of carbonyl (C=O) groups excluding carboxylic acids is 2. The Balaban J connectivity index is 3.77. The Morgan fingerprint density at radius 2 is 1.94 bits per heavy atom. The Morgan fingerprint density at radius 3 is 2.38 bits per heavy atom. The molecule has 5 N–H and O–H groups in total. The molecule has 5 heteroatoms. The van der Waals surface area contributed by atoms with Crippen molar-refractivity contribution in [2.45, 2.75) is 39.5 Å². The highest BCUT2D eigenvalue weighted by Crippen LogP contribution is 2.18. The van der Waals surface area contributed by atoms with Crippen molar-refractivity contribution < 1.29 is 9.59 Å². The lowest BCUT2D eigenvalue weighted by molar-refractivity contribution is -0.129. The molecule has 0 spiro atoms. The first-order chi connectivity index (χ1) is 7.46. The van der Waals surface area contributed by atoms with Gasteiger partial charge >= 0.3 is 0 Å². The van der Waals surface area contributed by atoms with Crippen LogP contribution in [0.1, 0.15) is 39.5 Å².